The van der Waals surface area contributed by atoms with Crippen LogP contribution in [0, 0.1) is 19.7 Å². The second kappa shape index (κ2) is 5.28. The maximum Gasteiger partial charge on any atom is 0.261 e. The summed E-state index contributed by atoms with van der Waals surface area (Å²) in [6.45, 7) is 4.76. The van der Waals surface area contributed by atoms with Gasteiger partial charge in [-0.25, -0.2) is 13.8 Å². The van der Waals surface area contributed by atoms with Gasteiger partial charge in [-0.2, -0.15) is 4.98 Å². The van der Waals surface area contributed by atoms with Crippen LogP contribution in [0.2, 0.25) is 5.15 Å². The Kier molecular flexibility index (Phi) is 3.56. The zero-order valence-corrected chi connectivity index (χ0v) is 12.9. The first kappa shape index (κ1) is 14.8. The quantitative estimate of drug-likeness (QED) is 0.640. The third kappa shape index (κ3) is 2.33. The van der Waals surface area contributed by atoms with Crippen molar-refractivity contribution in [1.82, 2.24) is 15.1 Å². The van der Waals surface area contributed by atoms with Crippen LogP contribution >= 0.6 is 11.6 Å². The van der Waals surface area contributed by atoms with Gasteiger partial charge in [0.15, 0.2) is 5.82 Å². The Morgan fingerprint density at radius 2 is 1.95 bits per heavy atom. The smallest absolute Gasteiger partial charge is 0.261 e. The molecular weight excluding hydrogens is 312 g/mol. The Hall–Kier alpha value is -2.08. The van der Waals surface area contributed by atoms with Gasteiger partial charge in [-0.05, 0) is 44.0 Å². The van der Waals surface area contributed by atoms with E-state index in [0.29, 0.717) is 22.3 Å². The van der Waals surface area contributed by atoms with E-state index in [4.69, 9.17) is 16.1 Å². The van der Waals surface area contributed by atoms with Crippen molar-refractivity contribution in [1.29, 1.82) is 0 Å². The van der Waals surface area contributed by atoms with E-state index < -0.39 is 12.0 Å². The molecule has 0 saturated carbocycles. The van der Waals surface area contributed by atoms with E-state index >= 15 is 0 Å². The normalized spacial score (nSPS) is 12.8. The molecule has 4 nitrogen and oxygen atoms in total. The number of rotatable bonds is 2. The summed E-state index contributed by atoms with van der Waals surface area (Å²) in [5.74, 6) is 0.0339. The highest BCUT2D eigenvalue weighted by molar-refractivity contribution is 6.32. The molecule has 2 aromatic heterocycles. The van der Waals surface area contributed by atoms with E-state index in [1.165, 1.54) is 6.92 Å². The number of benzene rings is 1. The summed E-state index contributed by atoms with van der Waals surface area (Å²) in [6, 6.07) is 2.70. The number of nitrogens with zero attached hydrogens (tertiary/aromatic N) is 3. The topological polar surface area (TPSA) is 51.8 Å². The van der Waals surface area contributed by atoms with Gasteiger partial charge in [0.05, 0.1) is 5.56 Å². The van der Waals surface area contributed by atoms with E-state index in [1.807, 2.05) is 0 Å². The molecule has 0 aliphatic rings. The number of aryl methyl sites for hydroxylation is 2. The molecule has 0 bridgehead atoms. The van der Waals surface area contributed by atoms with Crippen LogP contribution in [-0.2, 0) is 0 Å². The number of hydrogen-bond acceptors (Lipinski definition) is 4. The van der Waals surface area contributed by atoms with Crippen molar-refractivity contribution in [3.8, 4) is 11.5 Å². The van der Waals surface area contributed by atoms with Crippen molar-refractivity contribution >= 4 is 22.5 Å². The van der Waals surface area contributed by atoms with Gasteiger partial charge in [-0.15, -0.1) is 0 Å². The highest BCUT2D eigenvalue weighted by atomic mass is 35.5. The predicted octanol–water partition coefficient (Wildman–Crippen LogP) is 4.72. The number of aromatic nitrogens is 3. The monoisotopic (exact) mass is 323 g/mol. The van der Waals surface area contributed by atoms with Crippen LogP contribution in [0.3, 0.4) is 0 Å². The fraction of sp³-hybridized carbons (Fsp3) is 0.267. The van der Waals surface area contributed by atoms with Crippen molar-refractivity contribution in [3.05, 3.63) is 40.1 Å². The summed E-state index contributed by atoms with van der Waals surface area (Å²) in [6.07, 6.45) is -1.29. The van der Waals surface area contributed by atoms with Gasteiger partial charge in [0, 0.05) is 5.39 Å². The van der Waals surface area contributed by atoms with E-state index in [2.05, 4.69) is 15.1 Å². The third-order valence-corrected chi connectivity index (χ3v) is 3.76. The molecule has 22 heavy (non-hydrogen) atoms. The molecule has 7 heteroatoms. The number of fused-ring (bicyclic) bond motifs is 1. The zero-order chi connectivity index (χ0) is 16.0. The highest BCUT2D eigenvalue weighted by Gasteiger charge is 2.20. The Morgan fingerprint density at radius 3 is 2.55 bits per heavy atom. The molecule has 1 atom stereocenters. The first-order valence-corrected chi connectivity index (χ1v) is 7.00. The van der Waals surface area contributed by atoms with E-state index in [-0.39, 0.29) is 22.1 Å². The number of alkyl halides is 1. The van der Waals surface area contributed by atoms with Crippen LogP contribution in [0.4, 0.5) is 8.78 Å². The van der Waals surface area contributed by atoms with Crippen LogP contribution in [0.5, 0.6) is 0 Å². The van der Waals surface area contributed by atoms with Crippen molar-refractivity contribution in [3.63, 3.8) is 0 Å². The van der Waals surface area contributed by atoms with E-state index in [0.717, 1.165) is 6.07 Å². The van der Waals surface area contributed by atoms with Crippen molar-refractivity contribution in [2.75, 3.05) is 0 Å². The molecule has 2 heterocycles. The molecule has 0 spiro atoms. The molecule has 1 unspecified atom stereocenters. The lowest BCUT2D eigenvalue weighted by Crippen LogP contribution is -1.97. The van der Waals surface area contributed by atoms with Gasteiger partial charge in [0.2, 0.25) is 0 Å². The second-order valence-corrected chi connectivity index (χ2v) is 5.42. The molecule has 0 fully saturated rings. The van der Waals surface area contributed by atoms with Crippen LogP contribution < -0.4 is 0 Å². The van der Waals surface area contributed by atoms with Gasteiger partial charge in [-0.1, -0.05) is 16.8 Å². The lowest BCUT2D eigenvalue weighted by Gasteiger charge is -2.11. The lowest BCUT2D eigenvalue weighted by molar-refractivity contribution is 0.373. The maximum absolute atomic E-state index is 14.2. The van der Waals surface area contributed by atoms with Crippen molar-refractivity contribution in [2.24, 2.45) is 0 Å². The first-order chi connectivity index (χ1) is 10.4. The molecule has 0 aliphatic carbocycles. The van der Waals surface area contributed by atoms with Crippen molar-refractivity contribution in [2.45, 2.75) is 26.9 Å². The minimum absolute atomic E-state index is 0.0635. The Morgan fingerprint density at radius 1 is 1.23 bits per heavy atom. The van der Waals surface area contributed by atoms with Gasteiger partial charge in [0.25, 0.3) is 5.89 Å². The molecule has 0 N–H and O–H groups in total. The molecule has 3 aromatic rings. The largest absolute Gasteiger partial charge is 0.334 e. The fourth-order valence-electron chi connectivity index (χ4n) is 2.34. The molecule has 0 aliphatic heterocycles. The summed E-state index contributed by atoms with van der Waals surface area (Å²) in [4.78, 5) is 8.18. The summed E-state index contributed by atoms with van der Waals surface area (Å²) in [5.41, 5.74) is 1.37. The summed E-state index contributed by atoms with van der Waals surface area (Å²) in [5, 5.41) is 4.24. The number of halogens is 3. The summed E-state index contributed by atoms with van der Waals surface area (Å²) >= 11 is 6.15. The molecule has 0 amide bonds. The number of hydrogen-bond donors (Lipinski definition) is 0. The second-order valence-electron chi connectivity index (χ2n) is 5.06. The predicted molar refractivity (Wildman–Crippen MR) is 79.0 cm³/mol. The average Bonchev–Trinajstić information content (AvgIpc) is 2.86. The molecule has 0 saturated heterocycles. The summed E-state index contributed by atoms with van der Waals surface area (Å²) < 4.78 is 32.8. The standard InChI is InChI=1S/C15H12ClF2N3O/c1-6-10-4-9(7(2)17)5-11(18)13(10)20-14(16)12(6)15-19-8(3)21-22-15/h4-5,7H,1-3H3. The Labute approximate surface area is 130 Å². The molecule has 1 aromatic carbocycles. The molecular formula is C15H12ClF2N3O. The molecule has 0 radical (unpaired) electrons. The summed E-state index contributed by atoms with van der Waals surface area (Å²) in [7, 11) is 0. The van der Waals surface area contributed by atoms with Crippen LogP contribution in [-0.4, -0.2) is 15.1 Å². The van der Waals surface area contributed by atoms with E-state index in [1.54, 1.807) is 19.9 Å². The van der Waals surface area contributed by atoms with Crippen molar-refractivity contribution < 1.29 is 13.3 Å². The van der Waals surface area contributed by atoms with E-state index in [9.17, 15) is 8.78 Å². The van der Waals surface area contributed by atoms with Crippen LogP contribution in [0.25, 0.3) is 22.4 Å². The van der Waals surface area contributed by atoms with Gasteiger partial charge in [0.1, 0.15) is 22.7 Å². The molecule has 114 valence electrons. The minimum atomic E-state index is -1.29. The SMILES string of the molecule is Cc1noc(-c2c(Cl)nc3c(F)cc(C(C)F)cc3c2C)n1. The van der Waals surface area contributed by atoms with Gasteiger partial charge >= 0.3 is 0 Å². The maximum atomic E-state index is 14.2. The van der Waals surface area contributed by atoms with Crippen LogP contribution in [0.15, 0.2) is 16.7 Å². The fourth-order valence-corrected chi connectivity index (χ4v) is 2.65. The van der Waals surface area contributed by atoms with Gasteiger partial charge in [-0.3, -0.25) is 0 Å². The van der Waals surface area contributed by atoms with Crippen LogP contribution in [0.1, 0.15) is 30.0 Å². The molecule has 3 rings (SSSR count). The zero-order valence-electron chi connectivity index (χ0n) is 12.1. The highest BCUT2D eigenvalue weighted by Crippen LogP contribution is 2.35. The minimum Gasteiger partial charge on any atom is -0.334 e. The van der Waals surface area contributed by atoms with Gasteiger partial charge < -0.3 is 4.52 Å². The lowest BCUT2D eigenvalue weighted by atomic mass is 10.0. The first-order valence-electron chi connectivity index (χ1n) is 6.62. The Balaban J connectivity index is 2.36. The average molecular weight is 324 g/mol. The Bertz CT molecular complexity index is 877. The number of pyridine rings is 1. The third-order valence-electron chi connectivity index (χ3n) is 3.48.